The minimum absolute atomic E-state index is 0.0159. The van der Waals surface area contributed by atoms with Gasteiger partial charge in [-0.3, -0.25) is 9.59 Å². The number of hydrogen-bond donors (Lipinski definition) is 3. The maximum atomic E-state index is 12.3. The van der Waals surface area contributed by atoms with Crippen molar-refractivity contribution >= 4 is 33.2 Å². The second-order valence-electron chi connectivity index (χ2n) is 7.33. The van der Waals surface area contributed by atoms with E-state index in [4.69, 9.17) is 9.88 Å². The standard InChI is InChI=1S/C21H25N3O5S/c1-13-10-17(30(22,27)28)12-19(14(13)2)24-20(25)4-3-9-29-16-6-7-18-15(11-16)5-8-21(26)23-18/h6-7,10-12H,3-5,8-9H2,1-2H3,(H,23,26)(H,24,25)(H2,22,27,28). The molecule has 0 saturated heterocycles. The summed E-state index contributed by atoms with van der Waals surface area (Å²) in [4.78, 5) is 23.7. The molecule has 0 bridgehead atoms. The molecular weight excluding hydrogens is 406 g/mol. The number of amides is 2. The van der Waals surface area contributed by atoms with Crippen LogP contribution in [0.5, 0.6) is 5.75 Å². The Balaban J connectivity index is 1.52. The maximum Gasteiger partial charge on any atom is 0.238 e. The van der Waals surface area contributed by atoms with Crippen LogP contribution in [0.15, 0.2) is 35.2 Å². The van der Waals surface area contributed by atoms with Crippen molar-refractivity contribution in [1.82, 2.24) is 0 Å². The second kappa shape index (κ2) is 8.85. The molecule has 1 aliphatic rings. The van der Waals surface area contributed by atoms with Gasteiger partial charge in [0.25, 0.3) is 0 Å². The highest BCUT2D eigenvalue weighted by Gasteiger charge is 2.16. The minimum atomic E-state index is -3.86. The van der Waals surface area contributed by atoms with Gasteiger partial charge in [0.15, 0.2) is 0 Å². The monoisotopic (exact) mass is 431 g/mol. The number of primary sulfonamides is 1. The number of fused-ring (bicyclic) bond motifs is 1. The molecule has 4 N–H and O–H groups in total. The third-order valence-electron chi connectivity index (χ3n) is 5.03. The zero-order chi connectivity index (χ0) is 21.9. The van der Waals surface area contributed by atoms with Gasteiger partial charge in [-0.25, -0.2) is 13.6 Å². The van der Waals surface area contributed by atoms with E-state index in [0.29, 0.717) is 37.3 Å². The Morgan fingerprint density at radius 2 is 1.97 bits per heavy atom. The van der Waals surface area contributed by atoms with Gasteiger partial charge < -0.3 is 15.4 Å². The van der Waals surface area contributed by atoms with Crippen LogP contribution in [0.25, 0.3) is 0 Å². The summed E-state index contributed by atoms with van der Waals surface area (Å²) in [5.41, 5.74) is 3.79. The van der Waals surface area contributed by atoms with Crippen LogP contribution < -0.4 is 20.5 Å². The summed E-state index contributed by atoms with van der Waals surface area (Å²) in [6.45, 7) is 3.92. The number of nitrogens with one attached hydrogen (secondary N) is 2. The van der Waals surface area contributed by atoms with Crippen LogP contribution in [-0.2, 0) is 26.0 Å². The molecule has 1 aliphatic heterocycles. The van der Waals surface area contributed by atoms with Gasteiger partial charge in [0.1, 0.15) is 5.75 Å². The second-order valence-corrected chi connectivity index (χ2v) is 8.89. The molecule has 160 valence electrons. The first-order valence-corrected chi connectivity index (χ1v) is 11.2. The Hall–Kier alpha value is -2.91. The van der Waals surface area contributed by atoms with E-state index < -0.39 is 10.0 Å². The van der Waals surface area contributed by atoms with Gasteiger partial charge >= 0.3 is 0 Å². The molecule has 2 aromatic carbocycles. The summed E-state index contributed by atoms with van der Waals surface area (Å²) in [5, 5.41) is 10.8. The number of rotatable bonds is 7. The van der Waals surface area contributed by atoms with Crippen molar-refractivity contribution in [3.05, 3.63) is 47.0 Å². The van der Waals surface area contributed by atoms with Crippen LogP contribution in [0.1, 0.15) is 36.0 Å². The fourth-order valence-corrected chi connectivity index (χ4v) is 3.83. The van der Waals surface area contributed by atoms with Crippen LogP contribution in [-0.4, -0.2) is 26.8 Å². The highest BCUT2D eigenvalue weighted by Crippen LogP contribution is 2.27. The molecule has 2 amide bonds. The van der Waals surface area contributed by atoms with Crippen LogP contribution in [0.3, 0.4) is 0 Å². The number of anilines is 2. The van der Waals surface area contributed by atoms with Crippen molar-refractivity contribution in [3.8, 4) is 5.75 Å². The van der Waals surface area contributed by atoms with Crippen LogP contribution in [0, 0.1) is 13.8 Å². The van der Waals surface area contributed by atoms with Crippen LogP contribution >= 0.6 is 0 Å². The first-order valence-electron chi connectivity index (χ1n) is 9.63. The average molecular weight is 432 g/mol. The topological polar surface area (TPSA) is 128 Å². The molecule has 30 heavy (non-hydrogen) atoms. The van der Waals surface area contributed by atoms with E-state index in [0.717, 1.165) is 22.4 Å². The fourth-order valence-electron chi connectivity index (χ4n) is 3.21. The largest absolute Gasteiger partial charge is 0.494 e. The first-order chi connectivity index (χ1) is 14.1. The summed E-state index contributed by atoms with van der Waals surface area (Å²) in [5.74, 6) is 0.473. The number of benzene rings is 2. The molecular formula is C21H25N3O5S. The number of carbonyl (C=O) groups excluding carboxylic acids is 2. The highest BCUT2D eigenvalue weighted by atomic mass is 32.2. The summed E-state index contributed by atoms with van der Waals surface area (Å²) in [6.07, 6.45) is 1.85. The van der Waals surface area contributed by atoms with Crippen molar-refractivity contribution in [2.45, 2.75) is 44.4 Å². The number of aryl methyl sites for hydroxylation is 2. The summed E-state index contributed by atoms with van der Waals surface area (Å²) in [7, 11) is -3.86. The Morgan fingerprint density at radius 1 is 1.20 bits per heavy atom. The van der Waals surface area contributed by atoms with E-state index in [-0.39, 0.29) is 23.1 Å². The van der Waals surface area contributed by atoms with Crippen molar-refractivity contribution in [1.29, 1.82) is 0 Å². The molecule has 3 rings (SSSR count). The minimum Gasteiger partial charge on any atom is -0.494 e. The Labute approximate surface area is 175 Å². The van der Waals surface area contributed by atoms with Crippen molar-refractivity contribution in [3.63, 3.8) is 0 Å². The lowest BCUT2D eigenvalue weighted by atomic mass is 10.0. The van der Waals surface area contributed by atoms with Crippen LogP contribution in [0.2, 0.25) is 0 Å². The summed E-state index contributed by atoms with van der Waals surface area (Å²) >= 11 is 0. The van der Waals surface area contributed by atoms with Crippen molar-refractivity contribution < 1.29 is 22.7 Å². The SMILES string of the molecule is Cc1cc(S(N)(=O)=O)cc(NC(=O)CCCOc2ccc3c(c2)CCC(=O)N3)c1C. The quantitative estimate of drug-likeness (QED) is 0.581. The number of carbonyl (C=O) groups is 2. The Morgan fingerprint density at radius 3 is 2.70 bits per heavy atom. The van der Waals surface area contributed by atoms with Crippen LogP contribution in [0.4, 0.5) is 11.4 Å². The number of ether oxygens (including phenoxy) is 1. The molecule has 2 aromatic rings. The van der Waals surface area contributed by atoms with E-state index in [1.54, 1.807) is 19.9 Å². The smallest absolute Gasteiger partial charge is 0.238 e. The Bertz CT molecular complexity index is 1100. The lowest BCUT2D eigenvalue weighted by Gasteiger charge is -2.17. The predicted octanol–water partition coefficient (Wildman–Crippen LogP) is 2.63. The van der Waals surface area contributed by atoms with E-state index in [2.05, 4.69) is 10.6 Å². The maximum absolute atomic E-state index is 12.3. The van der Waals surface area contributed by atoms with Gasteiger partial charge in [-0.05, 0) is 73.7 Å². The van der Waals surface area contributed by atoms with Gasteiger partial charge in [0.05, 0.1) is 11.5 Å². The predicted molar refractivity (Wildman–Crippen MR) is 114 cm³/mol. The lowest BCUT2D eigenvalue weighted by Crippen LogP contribution is -2.19. The highest BCUT2D eigenvalue weighted by molar-refractivity contribution is 7.89. The summed E-state index contributed by atoms with van der Waals surface area (Å²) < 4.78 is 28.9. The average Bonchev–Trinajstić information content (AvgIpc) is 2.68. The molecule has 8 nitrogen and oxygen atoms in total. The van der Waals surface area contributed by atoms with E-state index in [1.807, 2.05) is 12.1 Å². The number of hydrogen-bond acceptors (Lipinski definition) is 5. The molecule has 0 fully saturated rings. The molecule has 9 heteroatoms. The molecule has 0 atom stereocenters. The van der Waals surface area contributed by atoms with Crippen molar-refractivity contribution in [2.75, 3.05) is 17.2 Å². The van der Waals surface area contributed by atoms with E-state index >= 15 is 0 Å². The molecule has 0 saturated carbocycles. The zero-order valence-corrected chi connectivity index (χ0v) is 17.8. The summed E-state index contributed by atoms with van der Waals surface area (Å²) in [6, 6.07) is 8.36. The van der Waals surface area contributed by atoms with Gasteiger partial charge in [-0.15, -0.1) is 0 Å². The van der Waals surface area contributed by atoms with E-state index in [9.17, 15) is 18.0 Å². The fraction of sp³-hybridized carbons (Fsp3) is 0.333. The lowest BCUT2D eigenvalue weighted by molar-refractivity contribution is -0.117. The Kier molecular flexibility index (Phi) is 6.42. The number of sulfonamides is 1. The van der Waals surface area contributed by atoms with Gasteiger partial charge in [-0.1, -0.05) is 0 Å². The molecule has 0 aromatic heterocycles. The normalized spacial score (nSPS) is 13.4. The molecule has 0 unspecified atom stereocenters. The van der Waals surface area contributed by atoms with Crippen molar-refractivity contribution in [2.24, 2.45) is 5.14 Å². The third-order valence-corrected chi connectivity index (χ3v) is 5.93. The third kappa shape index (κ3) is 5.37. The molecule has 0 radical (unpaired) electrons. The van der Waals surface area contributed by atoms with E-state index in [1.165, 1.54) is 12.1 Å². The molecule has 1 heterocycles. The molecule has 0 spiro atoms. The number of nitrogens with two attached hydrogens (primary N) is 1. The zero-order valence-electron chi connectivity index (χ0n) is 16.9. The first kappa shape index (κ1) is 21.8. The van der Waals surface area contributed by atoms with Gasteiger partial charge in [0, 0.05) is 24.2 Å². The molecule has 0 aliphatic carbocycles. The van der Waals surface area contributed by atoms with Gasteiger partial charge in [-0.2, -0.15) is 0 Å². The van der Waals surface area contributed by atoms with Gasteiger partial charge in [0.2, 0.25) is 21.8 Å².